The molecule has 1 aromatic heterocycles. The molecule has 0 amide bonds. The van der Waals surface area contributed by atoms with Gasteiger partial charge in [-0.2, -0.15) is 0 Å². The summed E-state index contributed by atoms with van der Waals surface area (Å²) in [4.78, 5) is 5.70. The molecule has 1 heterocycles. The summed E-state index contributed by atoms with van der Waals surface area (Å²) < 4.78 is 0. The van der Waals surface area contributed by atoms with Gasteiger partial charge in [0.2, 0.25) is 0 Å². The van der Waals surface area contributed by atoms with Crippen LogP contribution in [0.3, 0.4) is 0 Å². The van der Waals surface area contributed by atoms with Crippen molar-refractivity contribution in [1.82, 2.24) is 4.98 Å². The molecule has 2 N–H and O–H groups in total. The van der Waals surface area contributed by atoms with Crippen molar-refractivity contribution < 1.29 is 0 Å². The number of nitrogens with two attached hydrogens (primary N) is 1. The number of hydrogen-bond donors (Lipinski definition) is 1. The largest absolute Gasteiger partial charge is 0.322 e. The smallest absolute Gasteiger partial charge is 0.110 e. The molecule has 0 fully saturated rings. The van der Waals surface area contributed by atoms with E-state index in [1.54, 1.807) is 11.3 Å². The number of aromatic nitrogens is 1. The van der Waals surface area contributed by atoms with Gasteiger partial charge in [0.1, 0.15) is 5.01 Å². The van der Waals surface area contributed by atoms with E-state index in [1.807, 2.05) is 6.92 Å². The Hall–Kier alpha value is -0.410. The van der Waals surface area contributed by atoms with Crippen LogP contribution in [0.1, 0.15) is 35.5 Å². The average molecular weight is 184 g/mol. The predicted molar refractivity (Wildman–Crippen MR) is 53.4 cm³/mol. The van der Waals surface area contributed by atoms with Crippen LogP contribution in [0.5, 0.6) is 0 Å². The molecular formula is C9H16N2S. The minimum atomic E-state index is 0.0994. The normalized spacial score (nSPS) is 13.8. The molecule has 0 unspecified atom stereocenters. The maximum atomic E-state index is 5.97. The molecule has 0 bridgehead atoms. The van der Waals surface area contributed by atoms with E-state index < -0.39 is 0 Å². The average Bonchev–Trinajstić information content (AvgIpc) is 2.30. The lowest BCUT2D eigenvalue weighted by Gasteiger charge is -2.11. The molecule has 12 heavy (non-hydrogen) atoms. The molecule has 68 valence electrons. The molecular weight excluding hydrogens is 168 g/mol. The highest BCUT2D eigenvalue weighted by molar-refractivity contribution is 7.11. The van der Waals surface area contributed by atoms with Crippen LogP contribution in [0.25, 0.3) is 0 Å². The molecule has 0 radical (unpaired) electrons. The van der Waals surface area contributed by atoms with E-state index in [-0.39, 0.29) is 6.04 Å². The lowest BCUT2D eigenvalue weighted by molar-refractivity contribution is 0.511. The van der Waals surface area contributed by atoms with Gasteiger partial charge in [-0.25, -0.2) is 4.98 Å². The van der Waals surface area contributed by atoms with Crippen molar-refractivity contribution in [3.05, 3.63) is 15.6 Å². The Morgan fingerprint density at radius 2 is 1.92 bits per heavy atom. The Balaban J connectivity index is 2.89. The number of thiazole rings is 1. The van der Waals surface area contributed by atoms with Crippen LogP contribution in [0.15, 0.2) is 0 Å². The summed E-state index contributed by atoms with van der Waals surface area (Å²) in [6.45, 7) is 8.36. The number of rotatable bonds is 2. The van der Waals surface area contributed by atoms with Crippen LogP contribution in [0.2, 0.25) is 0 Å². The Morgan fingerprint density at radius 3 is 2.25 bits per heavy atom. The van der Waals surface area contributed by atoms with Crippen LogP contribution in [0.4, 0.5) is 0 Å². The van der Waals surface area contributed by atoms with E-state index in [1.165, 1.54) is 4.88 Å². The van der Waals surface area contributed by atoms with Gasteiger partial charge in [-0.05, 0) is 19.8 Å². The molecule has 0 aliphatic heterocycles. The van der Waals surface area contributed by atoms with Crippen molar-refractivity contribution in [2.45, 2.75) is 33.7 Å². The van der Waals surface area contributed by atoms with Gasteiger partial charge < -0.3 is 5.73 Å². The van der Waals surface area contributed by atoms with Crippen LogP contribution < -0.4 is 5.73 Å². The first-order valence-corrected chi connectivity index (χ1v) is 5.03. The summed E-state index contributed by atoms with van der Waals surface area (Å²) in [6.07, 6.45) is 0. The van der Waals surface area contributed by atoms with E-state index >= 15 is 0 Å². The van der Waals surface area contributed by atoms with Gasteiger partial charge in [0, 0.05) is 4.88 Å². The molecule has 0 saturated heterocycles. The van der Waals surface area contributed by atoms with Gasteiger partial charge in [0.05, 0.1) is 11.7 Å². The minimum Gasteiger partial charge on any atom is -0.322 e. The number of aryl methyl sites for hydroxylation is 2. The van der Waals surface area contributed by atoms with Crippen molar-refractivity contribution in [2.24, 2.45) is 11.7 Å². The predicted octanol–water partition coefficient (Wildman–Crippen LogP) is 2.42. The van der Waals surface area contributed by atoms with Crippen LogP contribution in [-0.2, 0) is 0 Å². The zero-order chi connectivity index (χ0) is 9.30. The van der Waals surface area contributed by atoms with E-state index in [9.17, 15) is 0 Å². The molecule has 2 nitrogen and oxygen atoms in total. The first-order chi connectivity index (χ1) is 5.52. The van der Waals surface area contributed by atoms with Crippen molar-refractivity contribution in [3.8, 4) is 0 Å². The molecule has 0 aliphatic rings. The van der Waals surface area contributed by atoms with E-state index in [0.717, 1.165) is 10.7 Å². The highest BCUT2D eigenvalue weighted by Gasteiger charge is 2.14. The molecule has 1 aromatic rings. The summed E-state index contributed by atoms with van der Waals surface area (Å²) >= 11 is 1.71. The van der Waals surface area contributed by atoms with Crippen LogP contribution in [0, 0.1) is 19.8 Å². The Bertz CT molecular complexity index is 246. The van der Waals surface area contributed by atoms with Gasteiger partial charge in [-0.3, -0.25) is 0 Å². The molecule has 1 rings (SSSR count). The fourth-order valence-corrected chi connectivity index (χ4v) is 2.02. The first kappa shape index (κ1) is 9.68. The first-order valence-electron chi connectivity index (χ1n) is 4.22. The third-order valence-corrected chi connectivity index (χ3v) is 3.22. The van der Waals surface area contributed by atoms with Gasteiger partial charge >= 0.3 is 0 Å². The monoisotopic (exact) mass is 184 g/mol. The van der Waals surface area contributed by atoms with Crippen LogP contribution in [-0.4, -0.2) is 4.98 Å². The van der Waals surface area contributed by atoms with Crippen molar-refractivity contribution in [1.29, 1.82) is 0 Å². The zero-order valence-electron chi connectivity index (χ0n) is 8.09. The molecule has 0 aromatic carbocycles. The maximum Gasteiger partial charge on any atom is 0.110 e. The van der Waals surface area contributed by atoms with Gasteiger partial charge in [0.15, 0.2) is 0 Å². The summed E-state index contributed by atoms with van der Waals surface area (Å²) in [5.41, 5.74) is 7.08. The SMILES string of the molecule is Cc1nc([C@@H](N)C(C)C)sc1C. The fraction of sp³-hybridized carbons (Fsp3) is 0.667. The summed E-state index contributed by atoms with van der Waals surface area (Å²) in [5, 5.41) is 1.07. The lowest BCUT2D eigenvalue weighted by atomic mass is 10.1. The molecule has 0 spiro atoms. The van der Waals surface area contributed by atoms with Gasteiger partial charge in [0.25, 0.3) is 0 Å². The second-order valence-corrected chi connectivity index (χ2v) is 4.70. The topological polar surface area (TPSA) is 38.9 Å². The lowest BCUT2D eigenvalue weighted by Crippen LogP contribution is -2.16. The quantitative estimate of drug-likeness (QED) is 0.766. The highest BCUT2D eigenvalue weighted by atomic mass is 32.1. The van der Waals surface area contributed by atoms with Crippen LogP contribution >= 0.6 is 11.3 Å². The third kappa shape index (κ3) is 1.84. The summed E-state index contributed by atoms with van der Waals surface area (Å²) in [5.74, 6) is 0.468. The van der Waals surface area contributed by atoms with E-state index in [0.29, 0.717) is 5.92 Å². The number of nitrogens with zero attached hydrogens (tertiary/aromatic N) is 1. The Kier molecular flexibility index (Phi) is 2.85. The molecule has 0 saturated carbocycles. The van der Waals surface area contributed by atoms with Crippen molar-refractivity contribution in [2.75, 3.05) is 0 Å². The van der Waals surface area contributed by atoms with Crippen molar-refractivity contribution in [3.63, 3.8) is 0 Å². The third-order valence-electron chi connectivity index (χ3n) is 2.05. The van der Waals surface area contributed by atoms with E-state index in [2.05, 4.69) is 25.8 Å². The molecule has 1 atom stereocenters. The Morgan fingerprint density at radius 1 is 1.33 bits per heavy atom. The number of hydrogen-bond acceptors (Lipinski definition) is 3. The molecule has 3 heteroatoms. The standard InChI is InChI=1S/C9H16N2S/c1-5(2)8(10)9-11-6(3)7(4)12-9/h5,8H,10H2,1-4H3/t8-/m0/s1. The highest BCUT2D eigenvalue weighted by Crippen LogP contribution is 2.25. The fourth-order valence-electron chi connectivity index (χ4n) is 0.925. The Labute approximate surface area is 77.8 Å². The van der Waals surface area contributed by atoms with Gasteiger partial charge in [-0.1, -0.05) is 13.8 Å². The molecule has 0 aliphatic carbocycles. The second kappa shape index (κ2) is 3.54. The minimum absolute atomic E-state index is 0.0994. The summed E-state index contributed by atoms with van der Waals surface area (Å²) in [7, 11) is 0. The summed E-state index contributed by atoms with van der Waals surface area (Å²) in [6, 6.07) is 0.0994. The van der Waals surface area contributed by atoms with E-state index in [4.69, 9.17) is 5.73 Å². The second-order valence-electron chi connectivity index (χ2n) is 3.46. The zero-order valence-corrected chi connectivity index (χ0v) is 8.90. The van der Waals surface area contributed by atoms with Crippen molar-refractivity contribution >= 4 is 11.3 Å². The van der Waals surface area contributed by atoms with Gasteiger partial charge in [-0.15, -0.1) is 11.3 Å². The maximum absolute atomic E-state index is 5.97.